The minimum atomic E-state index is -1.07. The van der Waals surface area contributed by atoms with Crippen molar-refractivity contribution < 1.29 is 18.7 Å². The van der Waals surface area contributed by atoms with Gasteiger partial charge in [0.1, 0.15) is 29.3 Å². The van der Waals surface area contributed by atoms with E-state index in [2.05, 4.69) is 16.5 Å². The van der Waals surface area contributed by atoms with Gasteiger partial charge in [-0.15, -0.1) is 0 Å². The van der Waals surface area contributed by atoms with Gasteiger partial charge in [-0.05, 0) is 74.9 Å². The van der Waals surface area contributed by atoms with Gasteiger partial charge >= 0.3 is 0 Å². The van der Waals surface area contributed by atoms with Crippen LogP contribution in [-0.4, -0.2) is 39.6 Å². The molecule has 0 spiro atoms. The second kappa shape index (κ2) is 9.55. The first-order valence-corrected chi connectivity index (χ1v) is 14.3. The second-order valence-electron chi connectivity index (χ2n) is 11.7. The van der Waals surface area contributed by atoms with Crippen molar-refractivity contribution in [3.8, 4) is 17.0 Å². The Kier molecular flexibility index (Phi) is 6.04. The van der Waals surface area contributed by atoms with Crippen LogP contribution < -0.4 is 15.8 Å². The Morgan fingerprint density at radius 1 is 1.20 bits per heavy atom. The number of rotatable bonds is 8. The van der Waals surface area contributed by atoms with Crippen LogP contribution in [0.5, 0.6) is 5.75 Å². The molecule has 1 aromatic carbocycles. The normalized spacial score (nSPS) is 20.5. The fourth-order valence-electron chi connectivity index (χ4n) is 5.69. The van der Waals surface area contributed by atoms with Crippen molar-refractivity contribution in [2.24, 2.45) is 11.7 Å². The molecule has 0 bridgehead atoms. The molecule has 4 heterocycles. The van der Waals surface area contributed by atoms with Gasteiger partial charge in [0, 0.05) is 47.0 Å². The summed E-state index contributed by atoms with van der Waals surface area (Å²) in [6.45, 7) is 2.16. The van der Waals surface area contributed by atoms with Gasteiger partial charge in [-0.1, -0.05) is 17.7 Å². The lowest BCUT2D eigenvalue weighted by Crippen LogP contribution is -2.40. The minimum Gasteiger partial charge on any atom is -0.489 e. The highest BCUT2D eigenvalue weighted by Gasteiger charge is 2.45. The van der Waals surface area contributed by atoms with Crippen LogP contribution >= 0.6 is 11.6 Å². The maximum absolute atomic E-state index is 14.5. The number of halogens is 2. The number of fused-ring (bicyclic) bond motifs is 2. The molecule has 2 aliphatic carbocycles. The van der Waals surface area contributed by atoms with Crippen molar-refractivity contribution in [2.75, 3.05) is 13.2 Å². The predicted octanol–water partition coefficient (Wildman–Crippen LogP) is 5.13. The Morgan fingerprint density at radius 3 is 2.71 bits per heavy atom. The van der Waals surface area contributed by atoms with E-state index in [1.54, 1.807) is 19.1 Å². The van der Waals surface area contributed by atoms with Gasteiger partial charge in [0.2, 0.25) is 5.91 Å². The van der Waals surface area contributed by atoms with E-state index in [1.165, 1.54) is 12.1 Å². The molecule has 2 fully saturated rings. The molecular weight excluding hydrogens is 545 g/mol. The largest absolute Gasteiger partial charge is 0.489 e. The van der Waals surface area contributed by atoms with Gasteiger partial charge in [-0.3, -0.25) is 9.59 Å². The number of ether oxygens (including phenoxy) is 1. The molecule has 41 heavy (non-hydrogen) atoms. The van der Waals surface area contributed by atoms with Crippen molar-refractivity contribution in [3.05, 3.63) is 82.0 Å². The Hall–Kier alpha value is -3.98. The molecule has 1 aliphatic heterocycles. The number of carbonyl (C=O) groups excluding carboxylic acids is 2. The summed E-state index contributed by atoms with van der Waals surface area (Å²) in [7, 11) is 0. The highest BCUT2D eigenvalue weighted by atomic mass is 35.5. The lowest BCUT2D eigenvalue weighted by Gasteiger charge is -2.22. The van der Waals surface area contributed by atoms with Crippen LogP contribution in [0.15, 0.2) is 48.7 Å². The van der Waals surface area contributed by atoms with E-state index in [0.717, 1.165) is 36.9 Å². The lowest BCUT2D eigenvalue weighted by molar-refractivity contribution is -0.123. The van der Waals surface area contributed by atoms with E-state index in [-0.39, 0.29) is 23.5 Å². The Morgan fingerprint density at radius 2 is 2.00 bits per heavy atom. The molecule has 10 heteroatoms. The summed E-state index contributed by atoms with van der Waals surface area (Å²) in [4.78, 5) is 30.7. The Labute approximate surface area is 241 Å². The van der Waals surface area contributed by atoms with Crippen molar-refractivity contribution >= 4 is 28.9 Å². The van der Waals surface area contributed by atoms with Gasteiger partial charge in [0.15, 0.2) is 0 Å². The number of nitrogens with one attached hydrogen (secondary N) is 1. The number of hydrogen-bond acceptors (Lipinski definition) is 5. The zero-order valence-corrected chi connectivity index (χ0v) is 23.2. The predicted molar refractivity (Wildman–Crippen MR) is 152 cm³/mol. The van der Waals surface area contributed by atoms with Crippen LogP contribution in [0.1, 0.15) is 71.8 Å². The van der Waals surface area contributed by atoms with Crippen molar-refractivity contribution in [2.45, 2.75) is 49.9 Å². The van der Waals surface area contributed by atoms with Gasteiger partial charge in [-0.2, -0.15) is 5.10 Å². The van der Waals surface area contributed by atoms with Crippen molar-refractivity contribution in [1.82, 2.24) is 19.9 Å². The number of primary amides is 1. The molecule has 4 aromatic rings. The number of hydrogen-bond donors (Lipinski definition) is 2. The molecule has 8 nitrogen and oxygen atoms in total. The molecule has 0 unspecified atom stereocenters. The highest BCUT2D eigenvalue weighted by Crippen LogP contribution is 2.48. The van der Waals surface area contributed by atoms with E-state index in [4.69, 9.17) is 27.1 Å². The van der Waals surface area contributed by atoms with Gasteiger partial charge in [-0.25, -0.2) is 13.9 Å². The topological polar surface area (TPSA) is 112 Å². The maximum Gasteiger partial charge on any atom is 0.251 e. The van der Waals surface area contributed by atoms with Gasteiger partial charge < -0.3 is 15.8 Å². The zero-order valence-electron chi connectivity index (χ0n) is 22.5. The van der Waals surface area contributed by atoms with Crippen LogP contribution in [-0.2, 0) is 10.2 Å². The third kappa shape index (κ3) is 4.62. The fraction of sp³-hybridized carbons (Fsp3) is 0.355. The Balaban J connectivity index is 1.21. The molecule has 3 N–H and O–H groups in total. The quantitative estimate of drug-likeness (QED) is 0.304. The van der Waals surface area contributed by atoms with E-state index in [9.17, 15) is 14.0 Å². The summed E-state index contributed by atoms with van der Waals surface area (Å²) in [5.41, 5.74) is 9.51. The molecule has 210 valence electrons. The van der Waals surface area contributed by atoms with Crippen LogP contribution in [0.3, 0.4) is 0 Å². The molecule has 2 saturated carbocycles. The van der Waals surface area contributed by atoms with Gasteiger partial charge in [0.05, 0.1) is 16.2 Å². The molecule has 3 aliphatic rings. The van der Waals surface area contributed by atoms with Crippen molar-refractivity contribution in [3.63, 3.8) is 0 Å². The first-order chi connectivity index (χ1) is 19.7. The first kappa shape index (κ1) is 26.0. The monoisotopic (exact) mass is 573 g/mol. The smallest absolute Gasteiger partial charge is 0.251 e. The zero-order chi connectivity index (χ0) is 28.5. The molecule has 0 radical (unpaired) electrons. The fourth-order valence-corrected chi connectivity index (χ4v) is 5.80. The molecule has 0 saturated heterocycles. The van der Waals surface area contributed by atoms with Gasteiger partial charge in [0.25, 0.3) is 5.91 Å². The summed E-state index contributed by atoms with van der Waals surface area (Å²) in [6, 6.07) is 12.0. The van der Waals surface area contributed by atoms with Crippen LogP contribution in [0, 0.1) is 11.7 Å². The van der Waals surface area contributed by atoms with Crippen LogP contribution in [0.4, 0.5) is 4.39 Å². The molecule has 2 atom stereocenters. The van der Waals surface area contributed by atoms with Crippen LogP contribution in [0.25, 0.3) is 16.8 Å². The average Bonchev–Trinajstić information content (AvgIpc) is 3.90. The number of nitrogens with zero attached hydrogens (tertiary/aromatic N) is 3. The minimum absolute atomic E-state index is 0.000826. The third-order valence-electron chi connectivity index (χ3n) is 8.62. The van der Waals surface area contributed by atoms with Crippen molar-refractivity contribution in [1.29, 1.82) is 0 Å². The van der Waals surface area contributed by atoms with Crippen LogP contribution in [0.2, 0.25) is 5.02 Å². The summed E-state index contributed by atoms with van der Waals surface area (Å²) in [5, 5.41) is 7.72. The van der Waals surface area contributed by atoms with E-state index >= 15 is 0 Å². The first-order valence-electron chi connectivity index (χ1n) is 13.9. The number of carbonyl (C=O) groups is 2. The average molecular weight is 574 g/mol. The lowest BCUT2D eigenvalue weighted by atomic mass is 9.82. The number of benzene rings is 1. The highest BCUT2D eigenvalue weighted by molar-refractivity contribution is 6.30. The maximum atomic E-state index is 14.5. The SMILES string of the molecule is C[C@]1(C(N)=O)COc2c1cc([C@@H](CNC(=O)c1ccn3nc(C4CC4)cc3c1)C1CC1)nc2-c1ccc(Cl)c(F)c1. The third-order valence-corrected chi connectivity index (χ3v) is 8.93. The van der Waals surface area contributed by atoms with E-state index in [1.807, 2.05) is 22.8 Å². The molecule has 2 amide bonds. The number of nitrogens with two attached hydrogens (primary N) is 1. The number of amides is 2. The molecular formula is C31H29ClFN5O3. The second-order valence-corrected chi connectivity index (χ2v) is 12.1. The van der Waals surface area contributed by atoms with E-state index in [0.29, 0.717) is 52.2 Å². The standard InChI is InChI=1S/C31H29ClFN5O3/c1-31(30(34)40)15-41-28-22(31)13-26(36-27(28)18-6-7-23(32)24(33)11-18)21(16-2-3-16)14-35-29(39)19-8-9-38-20(10-19)12-25(37-38)17-4-5-17/h6-13,16-17,21H,2-5,14-15H2,1H3,(H2,34,40)(H,35,39)/t21-,31-/m0/s1. The summed E-state index contributed by atoms with van der Waals surface area (Å²) in [6.07, 6.45) is 6.14. The molecule has 7 rings (SSSR count). The summed E-state index contributed by atoms with van der Waals surface area (Å²) < 4.78 is 22.2. The summed E-state index contributed by atoms with van der Waals surface area (Å²) >= 11 is 5.94. The number of aromatic nitrogens is 3. The van der Waals surface area contributed by atoms with E-state index < -0.39 is 17.1 Å². The number of pyridine rings is 2. The molecule has 3 aromatic heterocycles. The Bertz CT molecular complexity index is 1730. The summed E-state index contributed by atoms with van der Waals surface area (Å²) in [5.74, 6) is -0.130.